The van der Waals surface area contributed by atoms with Gasteiger partial charge in [-0.1, -0.05) is 6.58 Å². The summed E-state index contributed by atoms with van der Waals surface area (Å²) in [5.41, 5.74) is 5.67. The van der Waals surface area contributed by atoms with Gasteiger partial charge in [0.2, 0.25) is 0 Å². The van der Waals surface area contributed by atoms with Crippen molar-refractivity contribution in [2.45, 2.75) is 13.0 Å². The molecule has 0 fully saturated rings. The van der Waals surface area contributed by atoms with Gasteiger partial charge in [0.15, 0.2) is 0 Å². The minimum atomic E-state index is -0.00819. The first-order chi connectivity index (χ1) is 5.13. The molecule has 2 unspecified atom stereocenters. The maximum atomic E-state index is 5.67. The Balaban J connectivity index is 4.21. The predicted molar refractivity (Wildman–Crippen MR) is 47.7 cm³/mol. The van der Waals surface area contributed by atoms with Crippen LogP contribution in [0, 0.1) is 5.92 Å². The summed E-state index contributed by atoms with van der Waals surface area (Å²) in [6.45, 7) is 5.62. The molecule has 3 heteroatoms. The summed E-state index contributed by atoms with van der Waals surface area (Å²) < 4.78 is 4.96. The Hall–Kier alpha value is -0.830. The van der Waals surface area contributed by atoms with Gasteiger partial charge in [0.05, 0.1) is 18.8 Å². The molecule has 0 bridgehead atoms. The fourth-order valence-corrected chi connectivity index (χ4v) is 0.809. The lowest BCUT2D eigenvalue weighted by Gasteiger charge is -2.17. The third-order valence-corrected chi connectivity index (χ3v) is 1.51. The fraction of sp³-hybridized carbons (Fsp3) is 0.625. The predicted octanol–water partition coefficient (Wildman–Crippen LogP) is 0.810. The monoisotopic (exact) mass is 156 g/mol. The van der Waals surface area contributed by atoms with Crippen LogP contribution in [0.1, 0.15) is 6.92 Å². The summed E-state index contributed by atoms with van der Waals surface area (Å²) in [5, 5.41) is 0. The van der Waals surface area contributed by atoms with Gasteiger partial charge in [-0.15, -0.1) is 0 Å². The Morgan fingerprint density at radius 3 is 2.55 bits per heavy atom. The summed E-state index contributed by atoms with van der Waals surface area (Å²) in [7, 11) is 3.29. The van der Waals surface area contributed by atoms with Gasteiger partial charge < -0.3 is 15.5 Å². The van der Waals surface area contributed by atoms with Gasteiger partial charge in [-0.05, 0) is 6.92 Å². The smallest absolute Gasteiger partial charge is 0.0983 e. The van der Waals surface area contributed by atoms with Crippen LogP contribution in [0.25, 0.3) is 0 Å². The molecule has 0 saturated heterocycles. The maximum absolute atomic E-state index is 5.67. The number of methoxy groups -OCH3 is 1. The molecule has 64 valence electrons. The Morgan fingerprint density at radius 1 is 1.73 bits per heavy atom. The standard InChI is InChI=1S/C8H16N2O/c1-6(9)8(5-10-3)7(2)11-4/h5-6,8H,2,9H2,1,3-4H3/b10-5-. The van der Waals surface area contributed by atoms with E-state index >= 15 is 0 Å². The molecule has 0 spiro atoms. The first-order valence-electron chi connectivity index (χ1n) is 3.54. The van der Waals surface area contributed by atoms with E-state index in [1.807, 2.05) is 6.92 Å². The summed E-state index contributed by atoms with van der Waals surface area (Å²) in [6, 6.07) is -0.00819. The summed E-state index contributed by atoms with van der Waals surface area (Å²) >= 11 is 0. The Bertz CT molecular complexity index is 152. The molecule has 0 saturated carbocycles. The third-order valence-electron chi connectivity index (χ3n) is 1.51. The van der Waals surface area contributed by atoms with E-state index in [2.05, 4.69) is 11.6 Å². The molecule has 0 aromatic carbocycles. The number of nitrogens with two attached hydrogens (primary N) is 1. The molecule has 0 aromatic rings. The van der Waals surface area contributed by atoms with Crippen molar-refractivity contribution in [3.63, 3.8) is 0 Å². The maximum Gasteiger partial charge on any atom is 0.0983 e. The average Bonchev–Trinajstić information content (AvgIpc) is 1.98. The zero-order valence-corrected chi connectivity index (χ0v) is 7.37. The van der Waals surface area contributed by atoms with E-state index in [0.29, 0.717) is 5.76 Å². The molecular formula is C8H16N2O. The molecular weight excluding hydrogens is 140 g/mol. The van der Waals surface area contributed by atoms with Crippen molar-refractivity contribution in [1.29, 1.82) is 0 Å². The van der Waals surface area contributed by atoms with E-state index in [9.17, 15) is 0 Å². The normalized spacial score (nSPS) is 16.4. The first-order valence-corrected chi connectivity index (χ1v) is 3.54. The van der Waals surface area contributed by atoms with Crippen LogP contribution in [0.4, 0.5) is 0 Å². The van der Waals surface area contributed by atoms with Crippen LogP contribution in [-0.2, 0) is 4.74 Å². The van der Waals surface area contributed by atoms with Crippen LogP contribution in [0.5, 0.6) is 0 Å². The molecule has 2 atom stereocenters. The van der Waals surface area contributed by atoms with E-state index in [4.69, 9.17) is 10.5 Å². The Labute approximate surface area is 68.0 Å². The molecule has 0 aromatic heterocycles. The van der Waals surface area contributed by atoms with E-state index in [1.165, 1.54) is 0 Å². The molecule has 0 rings (SSSR count). The minimum absolute atomic E-state index is 0.00819. The Morgan fingerprint density at radius 2 is 2.27 bits per heavy atom. The van der Waals surface area contributed by atoms with E-state index in [0.717, 1.165) is 0 Å². The van der Waals surface area contributed by atoms with Crippen molar-refractivity contribution < 1.29 is 4.74 Å². The van der Waals surface area contributed by atoms with Gasteiger partial charge in [0.1, 0.15) is 0 Å². The van der Waals surface area contributed by atoms with Crippen molar-refractivity contribution in [2.24, 2.45) is 16.6 Å². The van der Waals surface area contributed by atoms with Gasteiger partial charge in [0.25, 0.3) is 0 Å². The minimum Gasteiger partial charge on any atom is -0.501 e. The van der Waals surface area contributed by atoms with Gasteiger partial charge >= 0.3 is 0 Å². The molecule has 0 aliphatic rings. The third kappa shape index (κ3) is 3.18. The highest BCUT2D eigenvalue weighted by molar-refractivity contribution is 5.64. The van der Waals surface area contributed by atoms with E-state index < -0.39 is 0 Å². The second kappa shape index (κ2) is 4.91. The number of hydrogen-bond acceptors (Lipinski definition) is 3. The summed E-state index contributed by atoms with van der Waals surface area (Å²) in [6.07, 6.45) is 1.75. The van der Waals surface area contributed by atoms with Gasteiger partial charge in [0, 0.05) is 19.3 Å². The fourth-order valence-electron chi connectivity index (χ4n) is 0.809. The average molecular weight is 156 g/mol. The number of hydrogen-bond donors (Lipinski definition) is 1. The zero-order valence-electron chi connectivity index (χ0n) is 7.37. The Kier molecular flexibility index (Phi) is 4.54. The molecule has 0 heterocycles. The van der Waals surface area contributed by atoms with Gasteiger partial charge in [-0.2, -0.15) is 0 Å². The second-order valence-electron chi connectivity index (χ2n) is 2.46. The lowest BCUT2D eigenvalue weighted by atomic mass is 10.0. The second-order valence-corrected chi connectivity index (χ2v) is 2.46. The molecule has 3 nitrogen and oxygen atoms in total. The van der Waals surface area contributed by atoms with Crippen molar-refractivity contribution >= 4 is 6.21 Å². The van der Waals surface area contributed by atoms with Crippen molar-refractivity contribution in [3.8, 4) is 0 Å². The van der Waals surface area contributed by atoms with Crippen LogP contribution >= 0.6 is 0 Å². The SMILES string of the molecule is C=C(OC)C(/C=N\C)C(C)N. The number of aliphatic imine (C=N–C) groups is 1. The highest BCUT2D eigenvalue weighted by Gasteiger charge is 2.14. The van der Waals surface area contributed by atoms with Gasteiger partial charge in [-0.25, -0.2) is 0 Å². The summed E-state index contributed by atoms with van der Waals surface area (Å²) in [5.74, 6) is 0.676. The highest BCUT2D eigenvalue weighted by atomic mass is 16.5. The lowest BCUT2D eigenvalue weighted by Crippen LogP contribution is -2.29. The van der Waals surface area contributed by atoms with E-state index in [-0.39, 0.29) is 12.0 Å². The quantitative estimate of drug-likeness (QED) is 0.483. The first kappa shape index (κ1) is 10.2. The molecule has 0 radical (unpaired) electrons. The van der Waals surface area contributed by atoms with Crippen LogP contribution in [0.2, 0.25) is 0 Å². The van der Waals surface area contributed by atoms with Crippen LogP contribution in [0.3, 0.4) is 0 Å². The zero-order chi connectivity index (χ0) is 8.85. The van der Waals surface area contributed by atoms with Crippen molar-refractivity contribution in [1.82, 2.24) is 0 Å². The molecule has 2 N–H and O–H groups in total. The topological polar surface area (TPSA) is 47.6 Å². The lowest BCUT2D eigenvalue weighted by molar-refractivity contribution is 0.257. The van der Waals surface area contributed by atoms with Gasteiger partial charge in [-0.3, -0.25) is 0 Å². The molecule has 0 amide bonds. The molecule has 11 heavy (non-hydrogen) atoms. The van der Waals surface area contributed by atoms with Crippen LogP contribution in [0.15, 0.2) is 17.3 Å². The van der Waals surface area contributed by atoms with Crippen LogP contribution < -0.4 is 5.73 Å². The number of rotatable bonds is 4. The number of ether oxygens (including phenoxy) is 1. The van der Waals surface area contributed by atoms with Crippen molar-refractivity contribution in [2.75, 3.05) is 14.2 Å². The van der Waals surface area contributed by atoms with E-state index in [1.54, 1.807) is 20.4 Å². The van der Waals surface area contributed by atoms with Crippen molar-refractivity contribution in [3.05, 3.63) is 12.3 Å². The summed E-state index contributed by atoms with van der Waals surface area (Å²) in [4.78, 5) is 3.88. The molecule has 0 aliphatic carbocycles. The molecule has 0 aliphatic heterocycles. The number of nitrogens with zero attached hydrogens (tertiary/aromatic N) is 1. The van der Waals surface area contributed by atoms with Crippen LogP contribution in [-0.4, -0.2) is 26.4 Å². The largest absolute Gasteiger partial charge is 0.501 e. The highest BCUT2D eigenvalue weighted by Crippen LogP contribution is 2.10.